The first-order valence-corrected chi connectivity index (χ1v) is 11.9. The normalized spacial score (nSPS) is 15.8. The van der Waals surface area contributed by atoms with Gasteiger partial charge in [0.2, 0.25) is 5.91 Å². The lowest BCUT2D eigenvalue weighted by atomic mass is 10.2. The minimum atomic E-state index is -4.41. The number of halogens is 1. The van der Waals surface area contributed by atoms with E-state index in [1.165, 1.54) is 44.4 Å². The summed E-state index contributed by atoms with van der Waals surface area (Å²) in [6.07, 6.45) is 1.57. The van der Waals surface area contributed by atoms with Crippen LogP contribution in [0.3, 0.4) is 0 Å². The highest BCUT2D eigenvalue weighted by atomic mass is 35.5. The van der Waals surface area contributed by atoms with Gasteiger partial charge in [0.05, 0.1) is 28.7 Å². The number of benzene rings is 2. The van der Waals surface area contributed by atoms with Gasteiger partial charge in [-0.05, 0) is 44.0 Å². The Balaban J connectivity index is 2.01. The summed E-state index contributed by atoms with van der Waals surface area (Å²) in [6.45, 7) is 1.78. The van der Waals surface area contributed by atoms with Crippen LogP contribution < -0.4 is 14.4 Å². The number of ether oxygens (including phenoxy) is 2. The van der Waals surface area contributed by atoms with Crippen LogP contribution in [0.5, 0.6) is 5.75 Å². The van der Waals surface area contributed by atoms with E-state index in [1.54, 1.807) is 0 Å². The average molecular weight is 498 g/mol. The molecule has 0 radical (unpaired) electrons. The van der Waals surface area contributed by atoms with Crippen LogP contribution in [0.1, 0.15) is 18.4 Å². The van der Waals surface area contributed by atoms with Crippen molar-refractivity contribution in [3.63, 3.8) is 0 Å². The molecule has 0 bridgehead atoms. The first kappa shape index (κ1) is 24.7. The summed E-state index contributed by atoms with van der Waals surface area (Å²) in [6, 6.07) is 7.92. The monoisotopic (exact) mass is 497 g/mol. The van der Waals surface area contributed by atoms with E-state index >= 15 is 0 Å². The Labute approximate surface area is 196 Å². The fraction of sp³-hybridized carbons (Fsp3) is 0.381. The van der Waals surface area contributed by atoms with Crippen molar-refractivity contribution in [3.05, 3.63) is 57.1 Å². The van der Waals surface area contributed by atoms with Gasteiger partial charge in [-0.25, -0.2) is 8.42 Å². The van der Waals surface area contributed by atoms with E-state index in [4.69, 9.17) is 21.1 Å². The van der Waals surface area contributed by atoms with E-state index in [-0.39, 0.29) is 39.7 Å². The molecule has 1 N–H and O–H groups in total. The minimum absolute atomic E-state index is 0.0282. The minimum Gasteiger partial charge on any atom is -0.495 e. The predicted octanol–water partition coefficient (Wildman–Crippen LogP) is 3.06. The molecule has 0 spiro atoms. The molecule has 33 heavy (non-hydrogen) atoms. The number of carbonyl (C=O) groups excluding carboxylic acids is 1. The van der Waals surface area contributed by atoms with Crippen molar-refractivity contribution >= 4 is 38.9 Å². The Morgan fingerprint density at radius 1 is 1.33 bits per heavy atom. The SMILES string of the molecule is COc1ccc(Cl)cc1N(CC(=O)NC[C@@H]1CCCO1)S(=O)(=O)c1ccc(C)c([N+](=O)[O-])c1. The van der Waals surface area contributed by atoms with Crippen molar-refractivity contribution < 1.29 is 27.6 Å². The van der Waals surface area contributed by atoms with Crippen LogP contribution in [0.2, 0.25) is 5.02 Å². The van der Waals surface area contributed by atoms with Crippen LogP contribution in [0, 0.1) is 17.0 Å². The summed E-state index contributed by atoms with van der Waals surface area (Å²) in [5, 5.41) is 14.3. The third-order valence-electron chi connectivity index (χ3n) is 5.21. The standard InChI is InChI=1S/C21H24ClN3O7S/c1-14-5-7-17(11-18(14)25(27)28)33(29,30)24(19-10-15(22)6-8-20(19)31-2)13-21(26)23-12-16-4-3-9-32-16/h5-8,10-11,16H,3-4,9,12-13H2,1-2H3,(H,23,26)/t16-/m0/s1. The van der Waals surface area contributed by atoms with Crippen LogP contribution in [0.15, 0.2) is 41.3 Å². The van der Waals surface area contributed by atoms with Gasteiger partial charge in [0.25, 0.3) is 15.7 Å². The molecule has 3 rings (SSSR count). The molecule has 1 fully saturated rings. The van der Waals surface area contributed by atoms with Gasteiger partial charge in [0.15, 0.2) is 0 Å². The molecule has 0 unspecified atom stereocenters. The highest BCUT2D eigenvalue weighted by molar-refractivity contribution is 7.92. The number of hydrogen-bond acceptors (Lipinski definition) is 7. The van der Waals surface area contributed by atoms with Crippen LogP contribution in [-0.2, 0) is 19.6 Å². The summed E-state index contributed by atoms with van der Waals surface area (Å²) in [5.41, 5.74) is -0.0162. The largest absolute Gasteiger partial charge is 0.495 e. The zero-order chi connectivity index (χ0) is 24.2. The van der Waals surface area contributed by atoms with Crippen molar-refractivity contribution in [3.8, 4) is 5.75 Å². The number of carbonyl (C=O) groups is 1. The number of nitro benzene ring substituents is 1. The van der Waals surface area contributed by atoms with E-state index < -0.39 is 27.4 Å². The first-order valence-electron chi connectivity index (χ1n) is 10.1. The van der Waals surface area contributed by atoms with E-state index in [0.717, 1.165) is 23.2 Å². The summed E-state index contributed by atoms with van der Waals surface area (Å²) in [5.74, 6) is -0.408. The average Bonchev–Trinajstić information content (AvgIpc) is 3.29. The molecule has 1 aliphatic heterocycles. The molecule has 0 aliphatic carbocycles. The number of nitrogens with zero attached hydrogens (tertiary/aromatic N) is 2. The first-order chi connectivity index (χ1) is 15.6. The van der Waals surface area contributed by atoms with Gasteiger partial charge >= 0.3 is 0 Å². The second-order valence-corrected chi connectivity index (χ2v) is 9.77. The van der Waals surface area contributed by atoms with Crippen molar-refractivity contribution in [2.75, 3.05) is 31.1 Å². The molecule has 0 aromatic heterocycles. The van der Waals surface area contributed by atoms with E-state index in [2.05, 4.69) is 5.32 Å². The van der Waals surface area contributed by atoms with Crippen molar-refractivity contribution in [1.29, 1.82) is 0 Å². The lowest BCUT2D eigenvalue weighted by Crippen LogP contribution is -2.43. The predicted molar refractivity (Wildman–Crippen MR) is 122 cm³/mol. The second kappa shape index (κ2) is 10.4. The molecule has 1 aliphatic rings. The number of hydrogen-bond donors (Lipinski definition) is 1. The number of methoxy groups -OCH3 is 1. The highest BCUT2D eigenvalue weighted by Crippen LogP contribution is 2.35. The Hall–Kier alpha value is -2.89. The lowest BCUT2D eigenvalue weighted by Gasteiger charge is -2.26. The Bertz CT molecular complexity index is 1150. The van der Waals surface area contributed by atoms with E-state index in [9.17, 15) is 23.3 Å². The number of sulfonamides is 1. The van der Waals surface area contributed by atoms with Gasteiger partial charge in [0, 0.05) is 29.8 Å². The smallest absolute Gasteiger partial charge is 0.273 e. The summed E-state index contributed by atoms with van der Waals surface area (Å²) >= 11 is 6.10. The fourth-order valence-corrected chi connectivity index (χ4v) is 5.06. The summed E-state index contributed by atoms with van der Waals surface area (Å²) in [4.78, 5) is 23.1. The third-order valence-corrected chi connectivity index (χ3v) is 7.20. The molecule has 1 amide bonds. The molecular weight excluding hydrogens is 474 g/mol. The zero-order valence-corrected chi connectivity index (χ0v) is 19.7. The topological polar surface area (TPSA) is 128 Å². The van der Waals surface area contributed by atoms with Crippen LogP contribution in [0.25, 0.3) is 0 Å². The van der Waals surface area contributed by atoms with Crippen molar-refractivity contribution in [1.82, 2.24) is 5.32 Å². The molecule has 0 saturated carbocycles. The number of nitrogens with one attached hydrogen (secondary N) is 1. The Morgan fingerprint density at radius 3 is 2.73 bits per heavy atom. The van der Waals surface area contributed by atoms with Crippen molar-refractivity contribution in [2.45, 2.75) is 30.8 Å². The number of rotatable bonds is 9. The van der Waals surface area contributed by atoms with Gasteiger partial charge in [-0.2, -0.15) is 0 Å². The van der Waals surface area contributed by atoms with E-state index in [1.807, 2.05) is 0 Å². The number of nitro groups is 1. The van der Waals surface area contributed by atoms with Gasteiger partial charge in [0.1, 0.15) is 12.3 Å². The van der Waals surface area contributed by atoms with Gasteiger partial charge in [-0.15, -0.1) is 0 Å². The zero-order valence-electron chi connectivity index (χ0n) is 18.1. The molecule has 1 saturated heterocycles. The molecule has 1 atom stereocenters. The molecule has 2 aromatic carbocycles. The number of aryl methyl sites for hydroxylation is 1. The molecule has 12 heteroatoms. The Kier molecular flexibility index (Phi) is 7.77. The van der Waals surface area contributed by atoms with Gasteiger partial charge < -0.3 is 14.8 Å². The quantitative estimate of drug-likeness (QED) is 0.416. The highest BCUT2D eigenvalue weighted by Gasteiger charge is 2.31. The molecule has 10 nitrogen and oxygen atoms in total. The lowest BCUT2D eigenvalue weighted by molar-refractivity contribution is -0.385. The van der Waals surface area contributed by atoms with E-state index in [0.29, 0.717) is 12.2 Å². The van der Waals surface area contributed by atoms with Gasteiger partial charge in [-0.1, -0.05) is 17.7 Å². The number of amides is 1. The van der Waals surface area contributed by atoms with Gasteiger partial charge in [-0.3, -0.25) is 19.2 Å². The van der Waals surface area contributed by atoms with Crippen LogP contribution >= 0.6 is 11.6 Å². The number of anilines is 1. The van der Waals surface area contributed by atoms with Crippen LogP contribution in [-0.4, -0.2) is 52.2 Å². The second-order valence-electron chi connectivity index (χ2n) is 7.47. The maximum absolute atomic E-state index is 13.6. The van der Waals surface area contributed by atoms with Crippen LogP contribution in [0.4, 0.5) is 11.4 Å². The summed E-state index contributed by atoms with van der Waals surface area (Å²) in [7, 11) is -3.06. The maximum Gasteiger partial charge on any atom is 0.273 e. The molecule has 2 aromatic rings. The molecular formula is C21H24ClN3O7S. The summed E-state index contributed by atoms with van der Waals surface area (Å²) < 4.78 is 38.8. The fourth-order valence-electron chi connectivity index (χ4n) is 3.45. The maximum atomic E-state index is 13.6. The molecule has 1 heterocycles. The molecule has 178 valence electrons. The Morgan fingerprint density at radius 2 is 2.09 bits per heavy atom. The van der Waals surface area contributed by atoms with Crippen molar-refractivity contribution in [2.24, 2.45) is 0 Å². The third kappa shape index (κ3) is 5.73.